The fourth-order valence-corrected chi connectivity index (χ4v) is 2.85. The molecule has 0 aliphatic heterocycles. The van der Waals surface area contributed by atoms with Gasteiger partial charge in [-0.3, -0.25) is 4.79 Å². The molecule has 1 amide bonds. The first-order valence-electron chi connectivity index (χ1n) is 6.83. The summed E-state index contributed by atoms with van der Waals surface area (Å²) in [5.41, 5.74) is 1.99. The van der Waals surface area contributed by atoms with Gasteiger partial charge in [0.05, 0.1) is 6.10 Å². The van der Waals surface area contributed by atoms with Gasteiger partial charge in [-0.05, 0) is 35.4 Å². The average molecular weight is 287 g/mol. The molecule has 1 aliphatic carbocycles. The van der Waals surface area contributed by atoms with Crippen LogP contribution in [0.1, 0.15) is 24.5 Å². The van der Waals surface area contributed by atoms with Crippen molar-refractivity contribution in [3.8, 4) is 10.4 Å². The van der Waals surface area contributed by atoms with Crippen LogP contribution in [0.3, 0.4) is 0 Å². The fraction of sp³-hybridized carbons (Fsp3) is 0.312. The van der Waals surface area contributed by atoms with Crippen LogP contribution in [0.4, 0.5) is 0 Å². The summed E-state index contributed by atoms with van der Waals surface area (Å²) in [5, 5.41) is 14.9. The normalized spacial score (nSPS) is 15.8. The first kappa shape index (κ1) is 13.3. The Labute approximate surface area is 122 Å². The lowest BCUT2D eigenvalue weighted by molar-refractivity contribution is -0.122. The summed E-state index contributed by atoms with van der Waals surface area (Å²) >= 11 is 1.70. The van der Waals surface area contributed by atoms with Gasteiger partial charge < -0.3 is 10.4 Å². The van der Waals surface area contributed by atoms with E-state index >= 15 is 0 Å². The Kier molecular flexibility index (Phi) is 3.85. The highest BCUT2D eigenvalue weighted by atomic mass is 32.1. The summed E-state index contributed by atoms with van der Waals surface area (Å²) in [6.07, 6.45) is 1.32. The summed E-state index contributed by atoms with van der Waals surface area (Å²) in [4.78, 5) is 12.7. The van der Waals surface area contributed by atoms with Crippen LogP contribution in [-0.4, -0.2) is 17.6 Å². The number of rotatable bonds is 5. The number of hydrogen-bond acceptors (Lipinski definition) is 3. The minimum Gasteiger partial charge on any atom is -0.387 e. The highest BCUT2D eigenvalue weighted by molar-refractivity contribution is 7.13. The average Bonchev–Trinajstić information content (AvgIpc) is 3.19. The summed E-state index contributed by atoms with van der Waals surface area (Å²) < 4.78 is 0. The second-order valence-electron chi connectivity index (χ2n) is 5.13. The number of nitrogens with one attached hydrogen (secondary N) is 1. The highest BCUT2D eigenvalue weighted by Crippen LogP contribution is 2.29. The molecule has 104 valence electrons. The third-order valence-electron chi connectivity index (χ3n) is 3.52. The van der Waals surface area contributed by atoms with Crippen molar-refractivity contribution in [3.05, 3.63) is 47.3 Å². The molecule has 3 rings (SSSR count). The van der Waals surface area contributed by atoms with E-state index in [1.165, 1.54) is 4.88 Å². The van der Waals surface area contributed by atoms with Crippen molar-refractivity contribution >= 4 is 17.2 Å². The lowest BCUT2D eigenvalue weighted by Crippen LogP contribution is -2.29. The van der Waals surface area contributed by atoms with E-state index in [0.717, 1.165) is 24.0 Å². The molecule has 1 heterocycles. The van der Waals surface area contributed by atoms with E-state index in [1.807, 2.05) is 35.7 Å². The third kappa shape index (κ3) is 3.08. The molecule has 2 N–H and O–H groups in total. The predicted octanol–water partition coefficient (Wildman–Crippen LogP) is 2.97. The molecule has 1 fully saturated rings. The quantitative estimate of drug-likeness (QED) is 0.888. The number of carbonyl (C=O) groups is 1. The van der Waals surface area contributed by atoms with Crippen molar-refractivity contribution in [2.24, 2.45) is 5.92 Å². The zero-order valence-electron chi connectivity index (χ0n) is 11.1. The van der Waals surface area contributed by atoms with Crippen LogP contribution in [0, 0.1) is 5.92 Å². The topological polar surface area (TPSA) is 49.3 Å². The zero-order chi connectivity index (χ0) is 13.9. The van der Waals surface area contributed by atoms with Gasteiger partial charge >= 0.3 is 0 Å². The zero-order valence-corrected chi connectivity index (χ0v) is 11.9. The van der Waals surface area contributed by atoms with Crippen molar-refractivity contribution in [2.45, 2.75) is 18.9 Å². The maximum absolute atomic E-state index is 11.5. The molecule has 1 aliphatic rings. The lowest BCUT2D eigenvalue weighted by atomic mass is 10.1. The minimum atomic E-state index is -0.643. The van der Waals surface area contributed by atoms with Gasteiger partial charge in [0.1, 0.15) is 0 Å². The van der Waals surface area contributed by atoms with E-state index in [-0.39, 0.29) is 18.4 Å². The van der Waals surface area contributed by atoms with Crippen molar-refractivity contribution in [1.82, 2.24) is 5.32 Å². The van der Waals surface area contributed by atoms with Gasteiger partial charge in [-0.2, -0.15) is 0 Å². The van der Waals surface area contributed by atoms with Crippen LogP contribution in [0.2, 0.25) is 0 Å². The molecule has 1 aromatic carbocycles. The van der Waals surface area contributed by atoms with Gasteiger partial charge in [0, 0.05) is 17.3 Å². The van der Waals surface area contributed by atoms with Crippen LogP contribution in [0.15, 0.2) is 41.8 Å². The maximum atomic E-state index is 11.5. The van der Waals surface area contributed by atoms with Gasteiger partial charge in [-0.25, -0.2) is 0 Å². The van der Waals surface area contributed by atoms with E-state index in [1.54, 1.807) is 11.3 Å². The second-order valence-corrected chi connectivity index (χ2v) is 6.08. The number of hydrogen-bond donors (Lipinski definition) is 2. The first-order valence-corrected chi connectivity index (χ1v) is 7.71. The first-order chi connectivity index (χ1) is 9.74. The van der Waals surface area contributed by atoms with Crippen LogP contribution in [0.25, 0.3) is 10.4 Å². The Balaban J connectivity index is 1.60. The molecule has 1 saturated carbocycles. The molecule has 0 radical (unpaired) electrons. The van der Waals surface area contributed by atoms with Gasteiger partial charge in [-0.15, -0.1) is 11.3 Å². The van der Waals surface area contributed by atoms with Crippen LogP contribution >= 0.6 is 11.3 Å². The van der Waals surface area contributed by atoms with E-state index in [4.69, 9.17) is 0 Å². The number of aliphatic hydroxyl groups is 1. The molecule has 20 heavy (non-hydrogen) atoms. The highest BCUT2D eigenvalue weighted by Gasteiger charge is 2.29. The summed E-state index contributed by atoms with van der Waals surface area (Å²) in [6.45, 7) is 0.285. The molecule has 0 bridgehead atoms. The van der Waals surface area contributed by atoms with Crippen molar-refractivity contribution in [3.63, 3.8) is 0 Å². The predicted molar refractivity (Wildman–Crippen MR) is 80.4 cm³/mol. The number of benzene rings is 1. The minimum absolute atomic E-state index is 0.0688. The van der Waals surface area contributed by atoms with Crippen molar-refractivity contribution in [2.75, 3.05) is 6.54 Å². The Morgan fingerprint density at radius 2 is 2.05 bits per heavy atom. The molecule has 1 unspecified atom stereocenters. The Hall–Kier alpha value is -1.65. The molecule has 2 aromatic rings. The second kappa shape index (κ2) is 5.77. The number of carbonyl (C=O) groups excluding carboxylic acids is 1. The van der Waals surface area contributed by atoms with Crippen molar-refractivity contribution in [1.29, 1.82) is 0 Å². The summed E-state index contributed by atoms with van der Waals surface area (Å²) in [6, 6.07) is 12.0. The number of aliphatic hydroxyl groups excluding tert-OH is 1. The largest absolute Gasteiger partial charge is 0.387 e. The smallest absolute Gasteiger partial charge is 0.223 e. The third-order valence-corrected chi connectivity index (χ3v) is 4.44. The monoisotopic (exact) mass is 287 g/mol. The van der Waals surface area contributed by atoms with Crippen molar-refractivity contribution < 1.29 is 9.90 Å². The Bertz CT molecular complexity index is 573. The summed E-state index contributed by atoms with van der Waals surface area (Å²) in [5.74, 6) is 0.252. The molecular formula is C16H17NO2S. The van der Waals surface area contributed by atoms with E-state index < -0.39 is 6.10 Å². The van der Waals surface area contributed by atoms with Crippen LogP contribution < -0.4 is 5.32 Å². The molecule has 4 heteroatoms. The molecule has 3 nitrogen and oxygen atoms in total. The standard InChI is InChI=1S/C16H17NO2S/c18-14(10-17-16(19)13-7-8-13)11-3-5-12(6-4-11)15-2-1-9-20-15/h1-6,9,13-14,18H,7-8,10H2,(H,17,19). The molecule has 1 aromatic heterocycles. The van der Waals surface area contributed by atoms with Gasteiger partial charge in [0.25, 0.3) is 0 Å². The Morgan fingerprint density at radius 3 is 2.65 bits per heavy atom. The molecule has 0 saturated heterocycles. The van der Waals surface area contributed by atoms with Crippen LogP contribution in [-0.2, 0) is 4.79 Å². The molecular weight excluding hydrogens is 270 g/mol. The molecule has 1 atom stereocenters. The number of thiophene rings is 1. The Morgan fingerprint density at radius 1 is 1.30 bits per heavy atom. The lowest BCUT2D eigenvalue weighted by Gasteiger charge is -2.12. The number of amides is 1. The molecule has 0 spiro atoms. The van der Waals surface area contributed by atoms with Gasteiger partial charge in [0.15, 0.2) is 0 Å². The maximum Gasteiger partial charge on any atom is 0.223 e. The van der Waals surface area contributed by atoms with Crippen LogP contribution in [0.5, 0.6) is 0 Å². The van der Waals surface area contributed by atoms with Gasteiger partial charge in [-0.1, -0.05) is 30.3 Å². The SMILES string of the molecule is O=C(NCC(O)c1ccc(-c2cccs2)cc1)C1CC1. The summed E-state index contributed by atoms with van der Waals surface area (Å²) in [7, 11) is 0. The van der Waals surface area contributed by atoms with Gasteiger partial charge in [0.2, 0.25) is 5.91 Å². The van der Waals surface area contributed by atoms with E-state index in [9.17, 15) is 9.90 Å². The fourth-order valence-electron chi connectivity index (χ4n) is 2.12. The van der Waals surface area contributed by atoms with E-state index in [2.05, 4.69) is 11.4 Å². The van der Waals surface area contributed by atoms with E-state index in [0.29, 0.717) is 0 Å².